The van der Waals surface area contributed by atoms with E-state index >= 15 is 0 Å². The molecule has 0 aromatic heterocycles. The predicted molar refractivity (Wildman–Crippen MR) is 31.9 cm³/mol. The van der Waals surface area contributed by atoms with E-state index in [0.717, 1.165) is 4.31 Å². The monoisotopic (exact) mass is 171 g/mol. The van der Waals surface area contributed by atoms with Crippen LogP contribution in [0.4, 0.5) is 8.78 Å². The molecular formula is C4H7F2NO2S. The van der Waals surface area contributed by atoms with Crippen LogP contribution in [0.15, 0.2) is 0 Å². The highest BCUT2D eigenvalue weighted by atomic mass is 32.2. The standard InChI is InChI=1S/C4H7F2NO2S/c5-4(6)1-2-7(3-4)10(8)9/h1-3H2,(H,8,9). The molecule has 10 heavy (non-hydrogen) atoms. The summed E-state index contributed by atoms with van der Waals surface area (Å²) in [6, 6.07) is 0. The summed E-state index contributed by atoms with van der Waals surface area (Å²) in [6.07, 6.45) is -0.320. The van der Waals surface area contributed by atoms with E-state index in [4.69, 9.17) is 4.55 Å². The number of hydrogen-bond acceptors (Lipinski definition) is 1. The summed E-state index contributed by atoms with van der Waals surface area (Å²) in [6.45, 7) is -0.605. The second kappa shape index (κ2) is 2.52. The van der Waals surface area contributed by atoms with Gasteiger partial charge in [0.1, 0.15) is 0 Å². The SMILES string of the molecule is O=S(O)N1CCC(F)(F)C1. The molecular weight excluding hydrogens is 164 g/mol. The molecule has 6 heteroatoms. The Bertz CT molecular complexity index is 163. The third-order valence-electron chi connectivity index (χ3n) is 1.36. The summed E-state index contributed by atoms with van der Waals surface area (Å²) in [5.41, 5.74) is 0. The highest BCUT2D eigenvalue weighted by molar-refractivity contribution is 7.76. The number of alkyl halides is 2. The summed E-state index contributed by atoms with van der Waals surface area (Å²) in [7, 11) is 0. The zero-order valence-electron chi connectivity index (χ0n) is 5.09. The van der Waals surface area contributed by atoms with Crippen molar-refractivity contribution in [1.82, 2.24) is 4.31 Å². The van der Waals surface area contributed by atoms with Crippen LogP contribution in [-0.2, 0) is 11.3 Å². The van der Waals surface area contributed by atoms with Gasteiger partial charge in [-0.1, -0.05) is 0 Å². The van der Waals surface area contributed by atoms with E-state index in [1.165, 1.54) is 0 Å². The van der Waals surface area contributed by atoms with E-state index in [1.807, 2.05) is 0 Å². The van der Waals surface area contributed by atoms with Gasteiger partial charge in [0.25, 0.3) is 5.92 Å². The van der Waals surface area contributed by atoms with E-state index in [2.05, 4.69) is 0 Å². The molecule has 0 amide bonds. The van der Waals surface area contributed by atoms with Crippen molar-refractivity contribution in [3.8, 4) is 0 Å². The minimum absolute atomic E-state index is 0.00386. The molecule has 0 spiro atoms. The fraction of sp³-hybridized carbons (Fsp3) is 1.00. The average molecular weight is 171 g/mol. The van der Waals surface area contributed by atoms with Crippen LogP contribution in [0, 0.1) is 0 Å². The second-order valence-corrected chi connectivity index (χ2v) is 3.18. The molecule has 1 N–H and O–H groups in total. The molecule has 1 heterocycles. The molecule has 1 aliphatic rings. The molecule has 1 fully saturated rings. The van der Waals surface area contributed by atoms with Crippen molar-refractivity contribution < 1.29 is 17.5 Å². The van der Waals surface area contributed by atoms with Crippen LogP contribution in [0.1, 0.15) is 6.42 Å². The largest absolute Gasteiger partial charge is 0.294 e. The van der Waals surface area contributed by atoms with Gasteiger partial charge in [0, 0.05) is 13.0 Å². The number of hydrogen-bond donors (Lipinski definition) is 1. The predicted octanol–water partition coefficient (Wildman–Crippen LogP) is 0.464. The first-order chi connectivity index (χ1) is 4.51. The van der Waals surface area contributed by atoms with Gasteiger partial charge in [0.05, 0.1) is 6.54 Å². The first kappa shape index (κ1) is 8.03. The maximum atomic E-state index is 12.3. The number of halogens is 2. The summed E-state index contributed by atoms with van der Waals surface area (Å²) in [5.74, 6) is -2.78. The summed E-state index contributed by atoms with van der Waals surface area (Å²) < 4.78 is 43.9. The zero-order valence-corrected chi connectivity index (χ0v) is 5.90. The summed E-state index contributed by atoms with van der Waals surface area (Å²) >= 11 is -2.23. The van der Waals surface area contributed by atoms with Crippen LogP contribution in [0.2, 0.25) is 0 Å². The fourth-order valence-corrected chi connectivity index (χ4v) is 1.38. The minimum Gasteiger partial charge on any atom is -0.294 e. The Morgan fingerprint density at radius 3 is 2.40 bits per heavy atom. The van der Waals surface area contributed by atoms with E-state index < -0.39 is 23.7 Å². The van der Waals surface area contributed by atoms with Gasteiger partial charge in [-0.25, -0.2) is 13.0 Å². The van der Waals surface area contributed by atoms with Crippen molar-refractivity contribution in [3.63, 3.8) is 0 Å². The minimum atomic E-state index is -2.78. The van der Waals surface area contributed by atoms with Crippen LogP contribution in [0.5, 0.6) is 0 Å². The average Bonchev–Trinajstić information content (AvgIpc) is 2.10. The van der Waals surface area contributed by atoms with Crippen molar-refractivity contribution in [2.75, 3.05) is 13.1 Å². The molecule has 0 aliphatic carbocycles. The van der Waals surface area contributed by atoms with Crippen LogP contribution in [0.3, 0.4) is 0 Å². The second-order valence-electron chi connectivity index (χ2n) is 2.20. The Hall–Kier alpha value is -0.0700. The molecule has 0 radical (unpaired) electrons. The van der Waals surface area contributed by atoms with E-state index in [1.54, 1.807) is 0 Å². The first-order valence-electron chi connectivity index (χ1n) is 2.75. The van der Waals surface area contributed by atoms with Gasteiger partial charge in [-0.05, 0) is 0 Å². The highest BCUT2D eigenvalue weighted by Gasteiger charge is 2.40. The van der Waals surface area contributed by atoms with Gasteiger partial charge in [-0.3, -0.25) is 4.55 Å². The zero-order chi connectivity index (χ0) is 7.78. The fourth-order valence-electron chi connectivity index (χ4n) is 0.838. The van der Waals surface area contributed by atoms with Gasteiger partial charge in [-0.15, -0.1) is 0 Å². The van der Waals surface area contributed by atoms with Gasteiger partial charge in [-0.2, -0.15) is 4.31 Å². The third-order valence-corrected chi connectivity index (χ3v) is 2.11. The molecule has 0 aromatic carbocycles. The lowest BCUT2D eigenvalue weighted by molar-refractivity contribution is 0.0183. The van der Waals surface area contributed by atoms with Crippen molar-refractivity contribution >= 4 is 11.3 Å². The Kier molecular flexibility index (Phi) is 2.02. The Morgan fingerprint density at radius 1 is 1.60 bits per heavy atom. The molecule has 1 atom stereocenters. The Balaban J connectivity index is 2.51. The van der Waals surface area contributed by atoms with Crippen molar-refractivity contribution in [2.24, 2.45) is 0 Å². The topological polar surface area (TPSA) is 40.5 Å². The van der Waals surface area contributed by atoms with Crippen molar-refractivity contribution in [3.05, 3.63) is 0 Å². The molecule has 60 valence electrons. The molecule has 0 aromatic rings. The lowest BCUT2D eigenvalue weighted by atomic mass is 10.3. The third kappa shape index (κ3) is 1.71. The van der Waals surface area contributed by atoms with E-state index in [9.17, 15) is 13.0 Å². The first-order valence-corrected chi connectivity index (χ1v) is 3.81. The summed E-state index contributed by atoms with van der Waals surface area (Å²) in [5, 5.41) is 0. The van der Waals surface area contributed by atoms with Crippen LogP contribution in [0.25, 0.3) is 0 Å². The van der Waals surface area contributed by atoms with E-state index in [0.29, 0.717) is 0 Å². The smallest absolute Gasteiger partial charge is 0.262 e. The van der Waals surface area contributed by atoms with Crippen molar-refractivity contribution in [1.29, 1.82) is 0 Å². The Labute approximate surface area is 59.4 Å². The summed E-state index contributed by atoms with van der Waals surface area (Å²) in [4.78, 5) is 0. The quantitative estimate of drug-likeness (QED) is 0.582. The van der Waals surface area contributed by atoms with Crippen LogP contribution < -0.4 is 0 Å². The van der Waals surface area contributed by atoms with Gasteiger partial charge in [0.15, 0.2) is 0 Å². The molecule has 1 unspecified atom stereocenters. The highest BCUT2D eigenvalue weighted by Crippen LogP contribution is 2.26. The Morgan fingerprint density at radius 2 is 2.20 bits per heavy atom. The lowest BCUT2D eigenvalue weighted by Crippen LogP contribution is -2.26. The molecule has 1 saturated heterocycles. The lowest BCUT2D eigenvalue weighted by Gasteiger charge is -2.08. The van der Waals surface area contributed by atoms with Gasteiger partial charge < -0.3 is 0 Å². The van der Waals surface area contributed by atoms with Crippen LogP contribution in [-0.4, -0.2) is 32.1 Å². The maximum absolute atomic E-state index is 12.3. The number of nitrogens with zero attached hydrogens (tertiary/aromatic N) is 1. The molecule has 1 rings (SSSR count). The van der Waals surface area contributed by atoms with Crippen molar-refractivity contribution in [2.45, 2.75) is 12.3 Å². The maximum Gasteiger partial charge on any atom is 0.262 e. The van der Waals surface area contributed by atoms with E-state index in [-0.39, 0.29) is 13.0 Å². The molecule has 0 bridgehead atoms. The molecule has 0 saturated carbocycles. The van der Waals surface area contributed by atoms with Crippen LogP contribution >= 0.6 is 0 Å². The normalized spacial score (nSPS) is 28.7. The molecule has 1 aliphatic heterocycles. The molecule has 3 nitrogen and oxygen atoms in total. The van der Waals surface area contributed by atoms with Gasteiger partial charge in [0.2, 0.25) is 11.3 Å². The number of rotatable bonds is 1. The van der Waals surface area contributed by atoms with Gasteiger partial charge >= 0.3 is 0 Å².